The van der Waals surface area contributed by atoms with Crippen molar-refractivity contribution >= 4 is 0 Å². The fourth-order valence-corrected chi connectivity index (χ4v) is 3.99. The third kappa shape index (κ3) is 3.56. The van der Waals surface area contributed by atoms with Gasteiger partial charge in [0.25, 0.3) is 0 Å². The molecule has 0 saturated heterocycles. The molecule has 1 heterocycles. The Kier molecular flexibility index (Phi) is 5.07. The molecule has 3 aromatic carbocycles. The van der Waals surface area contributed by atoms with Crippen molar-refractivity contribution in [2.75, 3.05) is 0 Å². The van der Waals surface area contributed by atoms with Crippen molar-refractivity contribution in [3.8, 4) is 28.5 Å². The third-order valence-corrected chi connectivity index (χ3v) is 5.70. The van der Waals surface area contributed by atoms with Gasteiger partial charge in [0.15, 0.2) is 11.6 Å². The molecule has 0 spiro atoms. The van der Waals surface area contributed by atoms with E-state index in [1.165, 1.54) is 22.3 Å². The van der Waals surface area contributed by atoms with Crippen molar-refractivity contribution in [2.45, 2.75) is 47.0 Å². The second kappa shape index (κ2) is 7.56. The van der Waals surface area contributed by atoms with Gasteiger partial charge in [-0.05, 0) is 54.5 Å². The number of aromatic nitrogens is 3. The maximum atomic E-state index is 4.69. The molecule has 1 aromatic heterocycles. The summed E-state index contributed by atoms with van der Waals surface area (Å²) in [6, 6.07) is 23.4. The number of nitrogens with zero attached hydrogens (tertiary/aromatic N) is 3. The molecule has 0 amide bonds. The van der Waals surface area contributed by atoms with Crippen molar-refractivity contribution in [1.82, 2.24) is 14.8 Å². The Labute approximate surface area is 179 Å². The molecule has 30 heavy (non-hydrogen) atoms. The van der Waals surface area contributed by atoms with Crippen LogP contribution in [0.3, 0.4) is 0 Å². The quantitative estimate of drug-likeness (QED) is 0.381. The molecule has 0 aliphatic heterocycles. The Balaban J connectivity index is 2.01. The summed E-state index contributed by atoms with van der Waals surface area (Å²) >= 11 is 0. The van der Waals surface area contributed by atoms with Gasteiger partial charge in [0, 0.05) is 11.1 Å². The molecule has 152 valence electrons. The van der Waals surface area contributed by atoms with Crippen LogP contribution in [0.4, 0.5) is 0 Å². The van der Waals surface area contributed by atoms with E-state index >= 15 is 0 Å². The number of benzene rings is 3. The monoisotopic (exact) mass is 395 g/mol. The highest BCUT2D eigenvalue weighted by molar-refractivity contribution is 5.71. The molecule has 0 unspecified atom stereocenters. The fourth-order valence-electron chi connectivity index (χ4n) is 3.99. The van der Waals surface area contributed by atoms with Crippen molar-refractivity contribution < 1.29 is 0 Å². The normalized spacial score (nSPS) is 11.7. The van der Waals surface area contributed by atoms with Crippen LogP contribution in [0, 0.1) is 20.8 Å². The molecule has 4 aromatic rings. The minimum atomic E-state index is 0.105. The smallest absolute Gasteiger partial charge is 0.169 e. The van der Waals surface area contributed by atoms with Crippen molar-refractivity contribution in [1.29, 1.82) is 0 Å². The highest BCUT2D eigenvalue weighted by Gasteiger charge is 2.22. The van der Waals surface area contributed by atoms with E-state index in [1.54, 1.807) is 0 Å². The van der Waals surface area contributed by atoms with Crippen molar-refractivity contribution in [2.24, 2.45) is 0 Å². The van der Waals surface area contributed by atoms with Gasteiger partial charge in [0.2, 0.25) is 0 Å². The molecule has 0 atom stereocenters. The minimum absolute atomic E-state index is 0.105. The summed E-state index contributed by atoms with van der Waals surface area (Å²) < 4.78 is 2.21. The van der Waals surface area contributed by atoms with Crippen LogP contribution in [0.5, 0.6) is 0 Å². The van der Waals surface area contributed by atoms with E-state index in [9.17, 15) is 0 Å². The third-order valence-electron chi connectivity index (χ3n) is 5.70. The van der Waals surface area contributed by atoms with Crippen molar-refractivity contribution in [3.05, 3.63) is 89.0 Å². The molecule has 3 nitrogen and oxygen atoms in total. The Morgan fingerprint density at radius 3 is 1.90 bits per heavy atom. The van der Waals surface area contributed by atoms with E-state index in [0.29, 0.717) is 0 Å². The number of rotatable bonds is 3. The summed E-state index contributed by atoms with van der Waals surface area (Å²) in [5, 5.41) is 9.33. The maximum Gasteiger partial charge on any atom is 0.169 e. The second-order valence-electron chi connectivity index (χ2n) is 9.07. The van der Waals surface area contributed by atoms with E-state index in [-0.39, 0.29) is 5.41 Å². The summed E-state index contributed by atoms with van der Waals surface area (Å²) in [5.74, 6) is 1.75. The van der Waals surface area contributed by atoms with Gasteiger partial charge in [-0.25, -0.2) is 0 Å². The molecule has 0 radical (unpaired) electrons. The van der Waals surface area contributed by atoms with Crippen LogP contribution in [0.1, 0.15) is 43.0 Å². The first kappa shape index (κ1) is 20.1. The minimum Gasteiger partial charge on any atom is -0.275 e. The largest absolute Gasteiger partial charge is 0.275 e. The predicted octanol–water partition coefficient (Wildman–Crippen LogP) is 6.82. The summed E-state index contributed by atoms with van der Waals surface area (Å²) in [6.07, 6.45) is 0. The maximum absolute atomic E-state index is 4.69. The van der Waals surface area contributed by atoms with Gasteiger partial charge in [-0.2, -0.15) is 0 Å². The van der Waals surface area contributed by atoms with E-state index < -0.39 is 0 Å². The first-order valence-corrected chi connectivity index (χ1v) is 10.5. The first-order chi connectivity index (χ1) is 14.3. The highest BCUT2D eigenvalue weighted by atomic mass is 15.3. The zero-order valence-corrected chi connectivity index (χ0v) is 18.7. The number of hydrogen-bond acceptors (Lipinski definition) is 2. The lowest BCUT2D eigenvalue weighted by molar-refractivity contribution is 0.589. The van der Waals surface area contributed by atoms with Crippen LogP contribution < -0.4 is 0 Å². The van der Waals surface area contributed by atoms with Crippen LogP contribution in [0.15, 0.2) is 66.7 Å². The molecule has 0 saturated carbocycles. The van der Waals surface area contributed by atoms with E-state index in [0.717, 1.165) is 28.5 Å². The number of aryl methyl sites for hydroxylation is 3. The lowest BCUT2D eigenvalue weighted by Crippen LogP contribution is -2.12. The van der Waals surface area contributed by atoms with Crippen LogP contribution in [-0.4, -0.2) is 14.8 Å². The second-order valence-corrected chi connectivity index (χ2v) is 9.07. The SMILES string of the molecule is Cc1cc(C(C)(C)C)ccc1-n1c(-c2ccccc2)nnc1-c1c(C)cccc1C. The van der Waals surface area contributed by atoms with Gasteiger partial charge in [-0.3, -0.25) is 4.57 Å². The number of hydrogen-bond donors (Lipinski definition) is 0. The van der Waals surface area contributed by atoms with E-state index in [4.69, 9.17) is 0 Å². The summed E-state index contributed by atoms with van der Waals surface area (Å²) in [7, 11) is 0. The summed E-state index contributed by atoms with van der Waals surface area (Å²) in [5.41, 5.74) is 8.37. The molecular formula is C27H29N3. The fraction of sp³-hybridized carbons (Fsp3) is 0.259. The van der Waals surface area contributed by atoms with E-state index in [1.807, 2.05) is 18.2 Å². The van der Waals surface area contributed by atoms with Crippen LogP contribution >= 0.6 is 0 Å². The zero-order chi connectivity index (χ0) is 21.5. The standard InChI is InChI=1S/C27H29N3/c1-18-11-10-12-19(2)24(18)26-29-28-25(21-13-8-7-9-14-21)30(26)23-16-15-22(17-20(23)3)27(4,5)6/h7-17H,1-6H3. The lowest BCUT2D eigenvalue weighted by Gasteiger charge is -2.22. The summed E-state index contributed by atoms with van der Waals surface area (Å²) in [6.45, 7) is 13.2. The van der Waals surface area contributed by atoms with E-state index in [2.05, 4.69) is 105 Å². The van der Waals surface area contributed by atoms with Crippen LogP contribution in [0.2, 0.25) is 0 Å². The highest BCUT2D eigenvalue weighted by Crippen LogP contribution is 2.34. The van der Waals surface area contributed by atoms with Gasteiger partial charge in [0.05, 0.1) is 5.69 Å². The Morgan fingerprint density at radius 2 is 1.30 bits per heavy atom. The van der Waals surface area contributed by atoms with Crippen LogP contribution in [-0.2, 0) is 5.41 Å². The molecule has 0 N–H and O–H groups in total. The Morgan fingerprint density at radius 1 is 0.667 bits per heavy atom. The van der Waals surface area contributed by atoms with Gasteiger partial charge < -0.3 is 0 Å². The molecule has 0 fully saturated rings. The van der Waals surface area contributed by atoms with Crippen molar-refractivity contribution in [3.63, 3.8) is 0 Å². The van der Waals surface area contributed by atoms with Gasteiger partial charge in [0.1, 0.15) is 0 Å². The molecule has 3 heteroatoms. The molecule has 0 aliphatic rings. The molecule has 0 bridgehead atoms. The Hall–Kier alpha value is -3.20. The first-order valence-electron chi connectivity index (χ1n) is 10.5. The van der Waals surface area contributed by atoms with Crippen LogP contribution in [0.25, 0.3) is 28.5 Å². The average molecular weight is 396 g/mol. The Bertz CT molecular complexity index is 1170. The predicted molar refractivity (Wildman–Crippen MR) is 125 cm³/mol. The zero-order valence-electron chi connectivity index (χ0n) is 18.7. The summed E-state index contributed by atoms with van der Waals surface area (Å²) in [4.78, 5) is 0. The lowest BCUT2D eigenvalue weighted by atomic mass is 9.86. The molecule has 4 rings (SSSR count). The molecule has 0 aliphatic carbocycles. The topological polar surface area (TPSA) is 30.7 Å². The molecular weight excluding hydrogens is 366 g/mol. The van der Waals surface area contributed by atoms with Gasteiger partial charge in [-0.15, -0.1) is 10.2 Å². The average Bonchev–Trinajstić information content (AvgIpc) is 3.12. The van der Waals surface area contributed by atoms with Gasteiger partial charge >= 0.3 is 0 Å². The van der Waals surface area contributed by atoms with Gasteiger partial charge in [-0.1, -0.05) is 81.4 Å².